The second-order valence-corrected chi connectivity index (χ2v) is 6.81. The number of hydrogen-bond donors (Lipinski definition) is 0. The summed E-state index contributed by atoms with van der Waals surface area (Å²) in [4.78, 5) is 15.5. The molecule has 0 bridgehead atoms. The largest absolute Gasteiger partial charge is 0.270 e. The monoisotopic (exact) mass is 404 g/mol. The van der Waals surface area contributed by atoms with Crippen LogP contribution in [0.15, 0.2) is 83.3 Å². The first kappa shape index (κ1) is 16.4. The summed E-state index contributed by atoms with van der Waals surface area (Å²) in [6, 6.07) is 24.6. The van der Waals surface area contributed by atoms with Crippen molar-refractivity contribution in [1.82, 2.24) is 4.98 Å². The maximum absolute atomic E-state index is 11.2. The lowest BCUT2D eigenvalue weighted by atomic mass is 9.98. The summed E-state index contributed by atoms with van der Waals surface area (Å²) in [7, 11) is 0. The van der Waals surface area contributed by atoms with E-state index in [1.54, 1.807) is 12.1 Å². The Labute approximate surface area is 158 Å². The molecule has 4 rings (SSSR count). The number of rotatable bonds is 3. The summed E-state index contributed by atoms with van der Waals surface area (Å²) in [6.07, 6.45) is 0. The zero-order valence-electron chi connectivity index (χ0n) is 13.6. The van der Waals surface area contributed by atoms with Crippen molar-refractivity contribution in [2.75, 3.05) is 0 Å². The molecule has 0 fully saturated rings. The molecule has 0 saturated heterocycles. The molecule has 0 amide bonds. The zero-order chi connectivity index (χ0) is 18.1. The lowest BCUT2D eigenvalue weighted by Gasteiger charge is -2.11. The average Bonchev–Trinajstić information content (AvgIpc) is 2.67. The van der Waals surface area contributed by atoms with Gasteiger partial charge in [0.25, 0.3) is 5.69 Å². The van der Waals surface area contributed by atoms with Crippen LogP contribution in [0.4, 0.5) is 5.69 Å². The number of hydrogen-bond acceptors (Lipinski definition) is 3. The summed E-state index contributed by atoms with van der Waals surface area (Å²) in [5.41, 5.74) is 4.52. The molecule has 0 unspecified atom stereocenters. The Hall–Kier alpha value is -3.05. The molecule has 0 aliphatic rings. The van der Waals surface area contributed by atoms with Crippen molar-refractivity contribution in [2.24, 2.45) is 0 Å². The van der Waals surface area contributed by atoms with Crippen molar-refractivity contribution in [3.63, 3.8) is 0 Å². The zero-order valence-corrected chi connectivity index (χ0v) is 15.2. The quantitative estimate of drug-likeness (QED) is 0.300. The fourth-order valence-corrected chi connectivity index (χ4v) is 3.38. The predicted octanol–water partition coefficient (Wildman–Crippen LogP) is 6.24. The van der Waals surface area contributed by atoms with Gasteiger partial charge in [-0.1, -0.05) is 58.4 Å². The number of halogens is 1. The van der Waals surface area contributed by atoms with Crippen LogP contribution in [0, 0.1) is 10.1 Å². The molecule has 0 N–H and O–H groups in total. The Balaban J connectivity index is 2.03. The highest BCUT2D eigenvalue weighted by atomic mass is 79.9. The fourth-order valence-electron chi connectivity index (χ4n) is 2.98. The van der Waals surface area contributed by atoms with Gasteiger partial charge in [-0.15, -0.1) is 0 Å². The van der Waals surface area contributed by atoms with Crippen LogP contribution in [0.25, 0.3) is 33.3 Å². The Morgan fingerprint density at radius 1 is 0.846 bits per heavy atom. The van der Waals surface area contributed by atoms with Crippen LogP contribution in [0.1, 0.15) is 0 Å². The summed E-state index contributed by atoms with van der Waals surface area (Å²) in [5, 5.41) is 12.0. The van der Waals surface area contributed by atoms with Crippen molar-refractivity contribution >= 4 is 32.5 Å². The highest BCUT2D eigenvalue weighted by molar-refractivity contribution is 9.10. The van der Waals surface area contributed by atoms with Gasteiger partial charge in [0.1, 0.15) is 0 Å². The van der Waals surface area contributed by atoms with Gasteiger partial charge in [-0.3, -0.25) is 10.1 Å². The van der Waals surface area contributed by atoms with Gasteiger partial charge in [-0.25, -0.2) is 4.98 Å². The minimum atomic E-state index is -0.379. The minimum absolute atomic E-state index is 0.0617. The van der Waals surface area contributed by atoms with E-state index in [0.29, 0.717) is 0 Å². The first-order valence-corrected chi connectivity index (χ1v) is 8.82. The van der Waals surface area contributed by atoms with Crippen molar-refractivity contribution in [2.45, 2.75) is 0 Å². The number of nitrogens with zero attached hydrogens (tertiary/aromatic N) is 2. The third kappa shape index (κ3) is 3.09. The third-order valence-corrected chi connectivity index (χ3v) is 4.70. The summed E-state index contributed by atoms with van der Waals surface area (Å²) in [5.74, 6) is 0. The van der Waals surface area contributed by atoms with E-state index in [2.05, 4.69) is 15.9 Å². The topological polar surface area (TPSA) is 56.0 Å². The van der Waals surface area contributed by atoms with Crippen LogP contribution < -0.4 is 0 Å². The van der Waals surface area contributed by atoms with Gasteiger partial charge in [0, 0.05) is 27.6 Å². The molecule has 26 heavy (non-hydrogen) atoms. The smallest absolute Gasteiger partial charge is 0.258 e. The molecule has 0 spiro atoms. The standard InChI is InChI=1S/C21H13BrN2O2/c22-16-8-4-7-15(11-16)21-13-18(14-5-2-1-3-6-14)19-12-17(24(25)26)9-10-20(19)23-21/h1-13H. The molecule has 1 aromatic heterocycles. The number of pyridine rings is 1. The van der Waals surface area contributed by atoms with E-state index in [9.17, 15) is 10.1 Å². The molecular weight excluding hydrogens is 392 g/mol. The highest BCUT2D eigenvalue weighted by Gasteiger charge is 2.13. The van der Waals surface area contributed by atoms with Gasteiger partial charge in [0.05, 0.1) is 16.1 Å². The van der Waals surface area contributed by atoms with Gasteiger partial charge in [0.2, 0.25) is 0 Å². The Morgan fingerprint density at radius 2 is 1.62 bits per heavy atom. The van der Waals surface area contributed by atoms with E-state index < -0.39 is 0 Å². The predicted molar refractivity (Wildman–Crippen MR) is 107 cm³/mol. The van der Waals surface area contributed by atoms with Crippen molar-refractivity contribution in [3.05, 3.63) is 93.4 Å². The van der Waals surface area contributed by atoms with Crippen LogP contribution >= 0.6 is 15.9 Å². The van der Waals surface area contributed by atoms with Crippen LogP contribution in [-0.4, -0.2) is 9.91 Å². The number of aromatic nitrogens is 1. The van der Waals surface area contributed by atoms with E-state index in [4.69, 9.17) is 4.98 Å². The van der Waals surface area contributed by atoms with Crippen LogP contribution in [0.5, 0.6) is 0 Å². The lowest BCUT2D eigenvalue weighted by molar-refractivity contribution is -0.384. The van der Waals surface area contributed by atoms with Gasteiger partial charge < -0.3 is 0 Å². The van der Waals surface area contributed by atoms with E-state index >= 15 is 0 Å². The average molecular weight is 405 g/mol. The molecule has 0 saturated carbocycles. The van der Waals surface area contributed by atoms with Gasteiger partial charge in [-0.05, 0) is 35.4 Å². The number of non-ortho nitro benzene ring substituents is 1. The summed E-state index contributed by atoms with van der Waals surface area (Å²) < 4.78 is 0.974. The van der Waals surface area contributed by atoms with Crippen LogP contribution in [0.2, 0.25) is 0 Å². The van der Waals surface area contributed by atoms with Gasteiger partial charge in [-0.2, -0.15) is 0 Å². The van der Waals surface area contributed by atoms with Crippen LogP contribution in [-0.2, 0) is 0 Å². The van der Waals surface area contributed by atoms with Gasteiger partial charge in [0.15, 0.2) is 0 Å². The maximum atomic E-state index is 11.2. The molecule has 4 nitrogen and oxygen atoms in total. The van der Waals surface area contributed by atoms with E-state index in [1.807, 2.05) is 60.7 Å². The Kier molecular flexibility index (Phi) is 4.22. The van der Waals surface area contributed by atoms with E-state index in [1.165, 1.54) is 6.07 Å². The summed E-state index contributed by atoms with van der Waals surface area (Å²) >= 11 is 3.50. The fraction of sp³-hybridized carbons (Fsp3) is 0. The molecular formula is C21H13BrN2O2. The molecule has 0 aliphatic heterocycles. The second kappa shape index (κ2) is 6.69. The summed E-state index contributed by atoms with van der Waals surface area (Å²) in [6.45, 7) is 0. The molecule has 0 radical (unpaired) electrons. The molecule has 126 valence electrons. The number of nitro groups is 1. The maximum Gasteiger partial charge on any atom is 0.270 e. The molecule has 4 aromatic rings. The van der Waals surface area contributed by atoms with Crippen molar-refractivity contribution in [3.8, 4) is 22.4 Å². The van der Waals surface area contributed by atoms with E-state index in [0.717, 1.165) is 37.8 Å². The Morgan fingerprint density at radius 3 is 2.35 bits per heavy atom. The lowest BCUT2D eigenvalue weighted by Crippen LogP contribution is -1.93. The van der Waals surface area contributed by atoms with E-state index in [-0.39, 0.29) is 10.6 Å². The molecule has 3 aromatic carbocycles. The molecule has 1 heterocycles. The normalized spacial score (nSPS) is 10.8. The first-order chi connectivity index (χ1) is 12.6. The van der Waals surface area contributed by atoms with Crippen molar-refractivity contribution < 1.29 is 4.92 Å². The number of nitro benzene ring substituents is 1. The third-order valence-electron chi connectivity index (χ3n) is 4.21. The second-order valence-electron chi connectivity index (χ2n) is 5.89. The Bertz CT molecular complexity index is 1130. The van der Waals surface area contributed by atoms with Crippen molar-refractivity contribution in [1.29, 1.82) is 0 Å². The number of fused-ring (bicyclic) bond motifs is 1. The molecule has 0 atom stereocenters. The minimum Gasteiger partial charge on any atom is -0.258 e. The SMILES string of the molecule is O=[N+]([O-])c1ccc2nc(-c3cccc(Br)c3)cc(-c3ccccc3)c2c1. The van der Waals surface area contributed by atoms with Crippen LogP contribution in [0.3, 0.4) is 0 Å². The molecule has 0 aliphatic carbocycles. The number of benzene rings is 3. The molecule has 5 heteroatoms. The first-order valence-electron chi connectivity index (χ1n) is 8.02. The highest BCUT2D eigenvalue weighted by Crippen LogP contribution is 2.34. The van der Waals surface area contributed by atoms with Gasteiger partial charge >= 0.3 is 0 Å².